The molecule has 2 N–H and O–H groups in total. The van der Waals surface area contributed by atoms with Gasteiger partial charge in [-0.3, -0.25) is 0 Å². The molecule has 0 aliphatic carbocycles. The Morgan fingerprint density at radius 2 is 2.23 bits per heavy atom. The topological polar surface area (TPSA) is 58.9 Å². The number of rotatable bonds is 3. The molecule has 1 fully saturated rings. The molecular weight excluding hydrogens is 172 g/mol. The molecule has 78 valence electrons. The Balaban J connectivity index is 2.34. The van der Waals surface area contributed by atoms with E-state index in [1.165, 1.54) is 0 Å². The highest BCUT2D eigenvalue weighted by molar-refractivity contribution is 4.71. The molecule has 0 aromatic carbocycles. The number of hydrogen-bond acceptors (Lipinski definition) is 4. The molecule has 0 aromatic rings. The summed E-state index contributed by atoms with van der Waals surface area (Å²) < 4.78 is 10.9. The summed E-state index contributed by atoms with van der Waals surface area (Å²) in [5.74, 6) is -0.557. The second kappa shape index (κ2) is 4.37. The smallest absolute Gasteiger partial charge is 0.163 e. The predicted molar refractivity (Wildman–Crippen MR) is 47.2 cm³/mol. The van der Waals surface area contributed by atoms with Crippen molar-refractivity contribution in [2.24, 2.45) is 0 Å². The van der Waals surface area contributed by atoms with Gasteiger partial charge in [0.25, 0.3) is 0 Å². The van der Waals surface area contributed by atoms with Crippen LogP contribution in [0.5, 0.6) is 0 Å². The molecule has 1 saturated heterocycles. The minimum atomic E-state index is -0.682. The van der Waals surface area contributed by atoms with Crippen molar-refractivity contribution in [1.29, 1.82) is 0 Å². The van der Waals surface area contributed by atoms with E-state index in [0.29, 0.717) is 13.0 Å². The zero-order chi connectivity index (χ0) is 9.90. The van der Waals surface area contributed by atoms with Crippen LogP contribution < -0.4 is 0 Å². The summed E-state index contributed by atoms with van der Waals surface area (Å²) >= 11 is 0. The van der Waals surface area contributed by atoms with Gasteiger partial charge in [0.05, 0.1) is 25.4 Å². The van der Waals surface area contributed by atoms with Crippen molar-refractivity contribution in [3.8, 4) is 0 Å². The molecule has 0 aromatic heterocycles. The lowest BCUT2D eigenvalue weighted by atomic mass is 10.1. The Labute approximate surface area is 78.5 Å². The highest BCUT2D eigenvalue weighted by Gasteiger charge is 2.30. The fraction of sp³-hybridized carbons (Fsp3) is 1.00. The molecule has 0 saturated carbocycles. The molecule has 1 aliphatic rings. The summed E-state index contributed by atoms with van der Waals surface area (Å²) in [6.45, 7) is 4.14. The number of hydrogen-bond donors (Lipinski definition) is 2. The first kappa shape index (κ1) is 10.9. The SMILES string of the molecule is CC1(C)OCCC(CC(O)CO)O1. The summed E-state index contributed by atoms with van der Waals surface area (Å²) in [6.07, 6.45) is 0.564. The van der Waals surface area contributed by atoms with Gasteiger partial charge in [-0.1, -0.05) is 0 Å². The van der Waals surface area contributed by atoms with E-state index in [-0.39, 0.29) is 12.7 Å². The van der Waals surface area contributed by atoms with Crippen molar-refractivity contribution in [2.45, 2.75) is 44.7 Å². The molecule has 2 atom stereocenters. The predicted octanol–water partition coefficient (Wildman–Crippen LogP) is 0.271. The van der Waals surface area contributed by atoms with Crippen LogP contribution in [0, 0.1) is 0 Å². The van der Waals surface area contributed by atoms with Gasteiger partial charge in [0.15, 0.2) is 5.79 Å². The molecule has 4 nitrogen and oxygen atoms in total. The van der Waals surface area contributed by atoms with Gasteiger partial charge in [-0.25, -0.2) is 0 Å². The van der Waals surface area contributed by atoms with Crippen LogP contribution in [0.3, 0.4) is 0 Å². The minimum absolute atomic E-state index is 0.00843. The third kappa shape index (κ3) is 3.60. The third-order valence-corrected chi connectivity index (χ3v) is 2.09. The quantitative estimate of drug-likeness (QED) is 0.670. The molecule has 4 heteroatoms. The summed E-state index contributed by atoms with van der Waals surface area (Å²) in [4.78, 5) is 0. The van der Waals surface area contributed by atoms with Crippen molar-refractivity contribution in [1.82, 2.24) is 0 Å². The third-order valence-electron chi connectivity index (χ3n) is 2.09. The lowest BCUT2D eigenvalue weighted by Crippen LogP contribution is -2.41. The van der Waals surface area contributed by atoms with Crippen molar-refractivity contribution >= 4 is 0 Å². The molecule has 2 unspecified atom stereocenters. The highest BCUT2D eigenvalue weighted by Crippen LogP contribution is 2.24. The molecule has 0 amide bonds. The van der Waals surface area contributed by atoms with E-state index in [9.17, 15) is 5.11 Å². The second-order valence-corrected chi connectivity index (χ2v) is 3.85. The maximum absolute atomic E-state index is 9.21. The van der Waals surface area contributed by atoms with Gasteiger partial charge < -0.3 is 19.7 Å². The maximum atomic E-state index is 9.21. The van der Waals surface area contributed by atoms with E-state index < -0.39 is 11.9 Å². The second-order valence-electron chi connectivity index (χ2n) is 3.85. The number of aliphatic hydroxyl groups excluding tert-OH is 2. The van der Waals surface area contributed by atoms with Crippen LogP contribution in [-0.2, 0) is 9.47 Å². The molecule has 1 aliphatic heterocycles. The van der Waals surface area contributed by atoms with Crippen LogP contribution in [0.1, 0.15) is 26.7 Å². The van der Waals surface area contributed by atoms with Gasteiger partial charge in [0.1, 0.15) is 0 Å². The number of ether oxygens (including phenoxy) is 2. The normalized spacial score (nSPS) is 30.0. The molecule has 13 heavy (non-hydrogen) atoms. The van der Waals surface area contributed by atoms with Crippen LogP contribution in [0.4, 0.5) is 0 Å². The zero-order valence-electron chi connectivity index (χ0n) is 8.19. The first-order valence-corrected chi connectivity index (χ1v) is 4.64. The van der Waals surface area contributed by atoms with Crippen LogP contribution in [0.25, 0.3) is 0 Å². The van der Waals surface area contributed by atoms with E-state index in [1.807, 2.05) is 13.8 Å². The van der Waals surface area contributed by atoms with Crippen molar-refractivity contribution in [2.75, 3.05) is 13.2 Å². The van der Waals surface area contributed by atoms with E-state index in [2.05, 4.69) is 0 Å². The standard InChI is InChI=1S/C9H18O4/c1-9(2)12-4-3-8(13-9)5-7(11)6-10/h7-8,10-11H,3-6H2,1-2H3. The van der Waals surface area contributed by atoms with Crippen LogP contribution in [0.15, 0.2) is 0 Å². The Kier molecular flexibility index (Phi) is 3.67. The van der Waals surface area contributed by atoms with Gasteiger partial charge >= 0.3 is 0 Å². The van der Waals surface area contributed by atoms with Crippen molar-refractivity contribution in [3.05, 3.63) is 0 Å². The molecule has 0 bridgehead atoms. The van der Waals surface area contributed by atoms with E-state index in [1.54, 1.807) is 0 Å². The van der Waals surface area contributed by atoms with Crippen molar-refractivity contribution < 1.29 is 19.7 Å². The summed E-state index contributed by atoms with van der Waals surface area (Å²) in [5, 5.41) is 17.9. The van der Waals surface area contributed by atoms with Crippen LogP contribution in [0.2, 0.25) is 0 Å². The molecular formula is C9H18O4. The Morgan fingerprint density at radius 3 is 2.77 bits per heavy atom. The summed E-state index contributed by atoms with van der Waals surface area (Å²) in [5.41, 5.74) is 0. The first-order valence-electron chi connectivity index (χ1n) is 4.64. The molecule has 0 spiro atoms. The first-order chi connectivity index (χ1) is 6.03. The van der Waals surface area contributed by atoms with E-state index in [0.717, 1.165) is 6.42 Å². The van der Waals surface area contributed by atoms with Gasteiger partial charge in [0.2, 0.25) is 0 Å². The summed E-state index contributed by atoms with van der Waals surface area (Å²) in [6, 6.07) is 0. The lowest BCUT2D eigenvalue weighted by molar-refractivity contribution is -0.277. The fourth-order valence-electron chi connectivity index (χ4n) is 1.47. The van der Waals surface area contributed by atoms with Gasteiger partial charge in [0, 0.05) is 6.42 Å². The van der Waals surface area contributed by atoms with Gasteiger partial charge in [-0.05, 0) is 20.3 Å². The summed E-state index contributed by atoms with van der Waals surface area (Å²) in [7, 11) is 0. The van der Waals surface area contributed by atoms with E-state index >= 15 is 0 Å². The van der Waals surface area contributed by atoms with Gasteiger partial charge in [-0.2, -0.15) is 0 Å². The maximum Gasteiger partial charge on any atom is 0.163 e. The van der Waals surface area contributed by atoms with Crippen molar-refractivity contribution in [3.63, 3.8) is 0 Å². The largest absolute Gasteiger partial charge is 0.394 e. The molecule has 1 heterocycles. The Hall–Kier alpha value is -0.160. The van der Waals surface area contributed by atoms with Crippen LogP contribution in [-0.4, -0.2) is 41.4 Å². The zero-order valence-corrected chi connectivity index (χ0v) is 8.19. The minimum Gasteiger partial charge on any atom is -0.394 e. The Bertz CT molecular complexity index is 158. The highest BCUT2D eigenvalue weighted by atomic mass is 16.7. The van der Waals surface area contributed by atoms with Crippen LogP contribution >= 0.6 is 0 Å². The van der Waals surface area contributed by atoms with Gasteiger partial charge in [-0.15, -0.1) is 0 Å². The monoisotopic (exact) mass is 190 g/mol. The fourth-order valence-corrected chi connectivity index (χ4v) is 1.47. The average Bonchev–Trinajstić information content (AvgIpc) is 2.02. The number of aliphatic hydroxyl groups is 2. The lowest BCUT2D eigenvalue weighted by Gasteiger charge is -2.36. The molecule has 0 radical (unpaired) electrons. The van der Waals surface area contributed by atoms with E-state index in [4.69, 9.17) is 14.6 Å². The Morgan fingerprint density at radius 1 is 1.54 bits per heavy atom. The average molecular weight is 190 g/mol. The molecule has 1 rings (SSSR count).